The van der Waals surface area contributed by atoms with Crippen molar-refractivity contribution in [3.05, 3.63) is 29.8 Å². The zero-order chi connectivity index (χ0) is 15.2. The molecule has 0 unspecified atom stereocenters. The zero-order valence-electron chi connectivity index (χ0n) is 12.5. The number of benzene rings is 1. The molecule has 21 heavy (non-hydrogen) atoms. The molecule has 7 heteroatoms. The van der Waals surface area contributed by atoms with Gasteiger partial charge in [0.25, 0.3) is 0 Å². The molecule has 2 rings (SSSR count). The smallest absolute Gasteiger partial charge is 0.323 e. The molecule has 7 nitrogen and oxygen atoms in total. The van der Waals surface area contributed by atoms with Crippen molar-refractivity contribution in [1.29, 1.82) is 0 Å². The molecule has 0 aliphatic rings. The molecule has 0 radical (unpaired) electrons. The lowest BCUT2D eigenvalue weighted by atomic mass is 10.2. The maximum Gasteiger partial charge on any atom is 0.323 e. The van der Waals surface area contributed by atoms with E-state index in [9.17, 15) is 0 Å². The second kappa shape index (κ2) is 6.85. The summed E-state index contributed by atoms with van der Waals surface area (Å²) in [6.45, 7) is 7.13. The number of aryl methyl sites for hydroxylation is 1. The van der Waals surface area contributed by atoms with E-state index in [1.807, 2.05) is 49.9 Å². The second-order valence-electron chi connectivity index (χ2n) is 4.40. The number of hydrogen-bond donors (Lipinski definition) is 2. The van der Waals surface area contributed by atoms with Gasteiger partial charge >= 0.3 is 6.01 Å². The first-order valence-electron chi connectivity index (χ1n) is 6.87. The van der Waals surface area contributed by atoms with Gasteiger partial charge in [-0.2, -0.15) is 15.0 Å². The summed E-state index contributed by atoms with van der Waals surface area (Å²) in [6, 6.07) is 8.40. The van der Waals surface area contributed by atoms with E-state index in [1.54, 1.807) is 0 Å². The number of nitrogens with one attached hydrogen (secondary N) is 1. The Morgan fingerprint density at radius 2 is 1.86 bits per heavy atom. The first kappa shape index (κ1) is 15.0. The second-order valence-corrected chi connectivity index (χ2v) is 4.40. The van der Waals surface area contributed by atoms with Crippen molar-refractivity contribution in [3.8, 4) is 6.01 Å². The molecule has 0 fully saturated rings. The molecule has 0 saturated carbocycles. The molecular weight excluding hydrogens is 268 g/mol. The summed E-state index contributed by atoms with van der Waals surface area (Å²) < 4.78 is 5.35. The Hall–Kier alpha value is -2.41. The summed E-state index contributed by atoms with van der Waals surface area (Å²) in [7, 11) is 0. The number of ether oxygens (including phenoxy) is 1. The van der Waals surface area contributed by atoms with Crippen molar-refractivity contribution in [3.63, 3.8) is 0 Å². The topological polar surface area (TPSA) is 89.2 Å². The molecule has 2 aromatic rings. The van der Waals surface area contributed by atoms with E-state index >= 15 is 0 Å². The molecule has 1 heterocycles. The van der Waals surface area contributed by atoms with Crippen molar-refractivity contribution in [2.24, 2.45) is 5.84 Å². The van der Waals surface area contributed by atoms with E-state index < -0.39 is 0 Å². The predicted octanol–water partition coefficient (Wildman–Crippen LogP) is 2.02. The molecule has 0 bridgehead atoms. The van der Waals surface area contributed by atoms with Crippen LogP contribution in [0, 0.1) is 6.92 Å². The molecule has 1 aromatic heterocycles. The fourth-order valence-electron chi connectivity index (χ4n) is 1.89. The van der Waals surface area contributed by atoms with Crippen LogP contribution in [-0.2, 0) is 0 Å². The van der Waals surface area contributed by atoms with Crippen LogP contribution in [0.25, 0.3) is 0 Å². The van der Waals surface area contributed by atoms with E-state index in [1.165, 1.54) is 5.56 Å². The summed E-state index contributed by atoms with van der Waals surface area (Å²) >= 11 is 0. The highest BCUT2D eigenvalue weighted by atomic mass is 16.5. The third-order valence-corrected chi connectivity index (χ3v) is 2.91. The molecule has 0 spiro atoms. The SMILES string of the molecule is CCOc1nc(NN)nc(N(CC)c2ccc(C)cc2)n1. The maximum atomic E-state index is 5.41. The lowest BCUT2D eigenvalue weighted by Gasteiger charge is -2.21. The zero-order valence-corrected chi connectivity index (χ0v) is 12.5. The summed E-state index contributed by atoms with van der Waals surface area (Å²) in [4.78, 5) is 14.6. The van der Waals surface area contributed by atoms with Gasteiger partial charge in [0.05, 0.1) is 6.61 Å². The minimum absolute atomic E-state index is 0.251. The summed E-state index contributed by atoms with van der Waals surface area (Å²) in [5.74, 6) is 6.17. The van der Waals surface area contributed by atoms with Crippen molar-refractivity contribution >= 4 is 17.6 Å². The third kappa shape index (κ3) is 3.57. The van der Waals surface area contributed by atoms with Crippen LogP contribution in [0.2, 0.25) is 0 Å². The number of hydrazine groups is 1. The number of anilines is 3. The quantitative estimate of drug-likeness (QED) is 0.621. The van der Waals surface area contributed by atoms with E-state index in [4.69, 9.17) is 10.6 Å². The molecule has 0 atom stereocenters. The van der Waals surface area contributed by atoms with Crippen LogP contribution in [0.5, 0.6) is 6.01 Å². The Kier molecular flexibility index (Phi) is 4.89. The van der Waals surface area contributed by atoms with Gasteiger partial charge in [0.2, 0.25) is 11.9 Å². The fourth-order valence-corrected chi connectivity index (χ4v) is 1.89. The highest BCUT2D eigenvalue weighted by molar-refractivity contribution is 5.58. The van der Waals surface area contributed by atoms with Crippen molar-refractivity contribution in [2.45, 2.75) is 20.8 Å². The Balaban J connectivity index is 2.40. The lowest BCUT2D eigenvalue weighted by Crippen LogP contribution is -2.21. The van der Waals surface area contributed by atoms with Crippen molar-refractivity contribution in [2.75, 3.05) is 23.5 Å². The van der Waals surface area contributed by atoms with Gasteiger partial charge in [0, 0.05) is 12.2 Å². The predicted molar refractivity (Wildman–Crippen MR) is 82.7 cm³/mol. The molecule has 0 aliphatic heterocycles. The highest BCUT2D eigenvalue weighted by Gasteiger charge is 2.14. The van der Waals surface area contributed by atoms with Gasteiger partial charge in [-0.25, -0.2) is 5.84 Å². The number of aromatic nitrogens is 3. The number of hydrogen-bond acceptors (Lipinski definition) is 7. The third-order valence-electron chi connectivity index (χ3n) is 2.91. The van der Waals surface area contributed by atoms with Gasteiger partial charge in [-0.3, -0.25) is 5.43 Å². The minimum Gasteiger partial charge on any atom is -0.464 e. The fraction of sp³-hybridized carbons (Fsp3) is 0.357. The van der Waals surface area contributed by atoms with Crippen LogP contribution in [0.15, 0.2) is 24.3 Å². The van der Waals surface area contributed by atoms with Gasteiger partial charge in [-0.05, 0) is 32.9 Å². The molecule has 112 valence electrons. The average molecular weight is 288 g/mol. The van der Waals surface area contributed by atoms with E-state index in [2.05, 4.69) is 20.4 Å². The Morgan fingerprint density at radius 3 is 2.43 bits per heavy atom. The normalized spacial score (nSPS) is 10.3. The van der Waals surface area contributed by atoms with Gasteiger partial charge in [0.1, 0.15) is 0 Å². The molecule has 3 N–H and O–H groups in total. The van der Waals surface area contributed by atoms with Gasteiger partial charge < -0.3 is 9.64 Å². The summed E-state index contributed by atoms with van der Waals surface area (Å²) in [5.41, 5.74) is 4.64. The molecule has 1 aromatic carbocycles. The average Bonchev–Trinajstić information content (AvgIpc) is 2.50. The minimum atomic E-state index is 0.251. The van der Waals surface area contributed by atoms with Crippen LogP contribution < -0.4 is 20.9 Å². The number of nitrogen functional groups attached to an aromatic ring is 1. The Bertz CT molecular complexity index is 587. The standard InChI is InChI=1S/C14H20N6O/c1-4-20(11-8-6-10(3)7-9-11)13-16-12(19-15)17-14(18-13)21-5-2/h6-9H,4-5,15H2,1-3H3,(H,16,17,18,19). The first-order chi connectivity index (χ1) is 10.2. The van der Waals surface area contributed by atoms with Crippen LogP contribution in [0.3, 0.4) is 0 Å². The summed E-state index contributed by atoms with van der Waals surface area (Å²) in [6.07, 6.45) is 0. The van der Waals surface area contributed by atoms with E-state index in [-0.39, 0.29) is 12.0 Å². The van der Waals surface area contributed by atoms with Crippen LogP contribution in [0.1, 0.15) is 19.4 Å². The van der Waals surface area contributed by atoms with Gasteiger partial charge in [-0.15, -0.1) is 0 Å². The Morgan fingerprint density at radius 1 is 1.14 bits per heavy atom. The highest BCUT2D eigenvalue weighted by Crippen LogP contribution is 2.24. The maximum absolute atomic E-state index is 5.41. The molecule has 0 amide bonds. The molecule has 0 aliphatic carbocycles. The first-order valence-corrected chi connectivity index (χ1v) is 6.87. The Labute approximate surface area is 124 Å². The van der Waals surface area contributed by atoms with E-state index in [0.29, 0.717) is 19.1 Å². The van der Waals surface area contributed by atoms with Crippen molar-refractivity contribution < 1.29 is 4.74 Å². The van der Waals surface area contributed by atoms with Crippen LogP contribution in [-0.4, -0.2) is 28.1 Å². The largest absolute Gasteiger partial charge is 0.464 e. The van der Waals surface area contributed by atoms with Gasteiger partial charge in [0.15, 0.2) is 0 Å². The number of rotatable bonds is 6. The lowest BCUT2D eigenvalue weighted by molar-refractivity contribution is 0.312. The molecule has 0 saturated heterocycles. The molecular formula is C14H20N6O. The number of nitrogens with two attached hydrogens (primary N) is 1. The van der Waals surface area contributed by atoms with Gasteiger partial charge in [-0.1, -0.05) is 17.7 Å². The monoisotopic (exact) mass is 288 g/mol. The van der Waals surface area contributed by atoms with Crippen LogP contribution >= 0.6 is 0 Å². The number of nitrogens with zero attached hydrogens (tertiary/aromatic N) is 4. The summed E-state index contributed by atoms with van der Waals surface area (Å²) in [5, 5.41) is 0. The van der Waals surface area contributed by atoms with Crippen LogP contribution in [0.4, 0.5) is 17.6 Å². The van der Waals surface area contributed by atoms with Crippen molar-refractivity contribution in [1.82, 2.24) is 15.0 Å². The van der Waals surface area contributed by atoms with E-state index in [0.717, 1.165) is 5.69 Å².